The molecule has 6 heteroatoms. The molecule has 0 bridgehead atoms. The van der Waals surface area contributed by atoms with Gasteiger partial charge < -0.3 is 30.3 Å². The summed E-state index contributed by atoms with van der Waals surface area (Å²) >= 11 is 0. The second-order valence-corrected chi connectivity index (χ2v) is 15.4. The molecular formula is C37H50O6. The predicted octanol–water partition coefficient (Wildman–Crippen LogP) is 6.93. The Morgan fingerprint density at radius 2 is 1.23 bits per heavy atom. The topological polar surface area (TPSA) is 110 Å². The minimum atomic E-state index is -0.154. The second kappa shape index (κ2) is 10.6. The molecule has 6 nitrogen and oxygen atoms in total. The van der Waals surface area contributed by atoms with Gasteiger partial charge in [0.2, 0.25) is 0 Å². The quantitative estimate of drug-likeness (QED) is 0.246. The van der Waals surface area contributed by atoms with Crippen molar-refractivity contribution in [3.8, 4) is 23.0 Å². The number of hydrogen-bond acceptors (Lipinski definition) is 6. The first-order chi connectivity index (χ1) is 20.5. The highest BCUT2D eigenvalue weighted by Crippen LogP contribution is 2.63. The Balaban J connectivity index is 0.000000140. The Labute approximate surface area is 256 Å². The van der Waals surface area contributed by atoms with Crippen LogP contribution < -0.4 is 4.74 Å². The van der Waals surface area contributed by atoms with Crippen molar-refractivity contribution in [2.75, 3.05) is 7.11 Å². The van der Waals surface area contributed by atoms with Crippen LogP contribution in [0.2, 0.25) is 0 Å². The Kier molecular flexibility index (Phi) is 7.21. The summed E-state index contributed by atoms with van der Waals surface area (Å²) in [4.78, 5) is 0. The Morgan fingerprint density at radius 3 is 1.86 bits per heavy atom. The van der Waals surface area contributed by atoms with Crippen molar-refractivity contribution in [3.63, 3.8) is 0 Å². The minimum absolute atomic E-state index is 0.0746. The van der Waals surface area contributed by atoms with Crippen LogP contribution in [0.25, 0.3) is 0 Å². The molecule has 0 radical (unpaired) electrons. The first-order valence-corrected chi connectivity index (χ1v) is 16.9. The van der Waals surface area contributed by atoms with Crippen LogP contribution in [0, 0.1) is 34.5 Å². The van der Waals surface area contributed by atoms with E-state index < -0.39 is 0 Å². The van der Waals surface area contributed by atoms with Gasteiger partial charge in [0.25, 0.3) is 0 Å². The summed E-state index contributed by atoms with van der Waals surface area (Å²) in [5.41, 5.74) is 5.07. The fourth-order valence-electron chi connectivity index (χ4n) is 11.4. The van der Waals surface area contributed by atoms with Gasteiger partial charge in [-0.05, 0) is 158 Å². The van der Waals surface area contributed by atoms with E-state index in [4.69, 9.17) is 4.74 Å². The summed E-state index contributed by atoms with van der Waals surface area (Å²) in [5, 5.41) is 50.9. The molecule has 8 rings (SSSR count). The van der Waals surface area contributed by atoms with E-state index in [1.165, 1.54) is 30.0 Å². The van der Waals surface area contributed by atoms with E-state index in [0.717, 1.165) is 75.3 Å². The summed E-state index contributed by atoms with van der Waals surface area (Å²) in [6.45, 7) is 4.57. The average Bonchev–Trinajstić information content (AvgIpc) is 3.46. The highest BCUT2D eigenvalue weighted by atomic mass is 16.5. The van der Waals surface area contributed by atoms with E-state index >= 15 is 0 Å². The third-order valence-electron chi connectivity index (χ3n) is 13.7. The molecule has 6 aliphatic carbocycles. The van der Waals surface area contributed by atoms with Gasteiger partial charge in [-0.15, -0.1) is 0 Å². The number of rotatable bonds is 1. The molecule has 43 heavy (non-hydrogen) atoms. The number of aliphatic hydroxyl groups is 2. The average molecular weight is 591 g/mol. The molecule has 2 aromatic rings. The lowest BCUT2D eigenvalue weighted by atomic mass is 9.55. The molecule has 4 saturated carbocycles. The van der Waals surface area contributed by atoms with Crippen LogP contribution in [0.15, 0.2) is 24.3 Å². The lowest BCUT2D eigenvalue weighted by molar-refractivity contribution is -0.0229. The zero-order chi connectivity index (χ0) is 30.3. The molecule has 0 aromatic heterocycles. The van der Waals surface area contributed by atoms with Crippen molar-refractivity contribution >= 4 is 0 Å². The molecule has 234 valence electrons. The van der Waals surface area contributed by atoms with Gasteiger partial charge in [-0.2, -0.15) is 0 Å². The van der Waals surface area contributed by atoms with Crippen molar-refractivity contribution < 1.29 is 30.3 Å². The summed E-state index contributed by atoms with van der Waals surface area (Å²) in [6.07, 6.45) is 12.5. The number of aryl methyl sites for hydroxylation is 2. The van der Waals surface area contributed by atoms with Crippen LogP contribution in [0.3, 0.4) is 0 Å². The summed E-state index contributed by atoms with van der Waals surface area (Å²) < 4.78 is 5.32. The molecule has 2 aromatic carbocycles. The molecule has 0 heterocycles. The molecule has 0 aliphatic heterocycles. The van der Waals surface area contributed by atoms with Crippen LogP contribution in [-0.2, 0) is 12.8 Å². The van der Waals surface area contributed by atoms with E-state index in [9.17, 15) is 25.5 Å². The minimum Gasteiger partial charge on any atom is -0.508 e. The molecule has 5 N–H and O–H groups in total. The number of hydrogen-bond donors (Lipinski definition) is 5. The first-order valence-electron chi connectivity index (χ1n) is 16.9. The van der Waals surface area contributed by atoms with Crippen LogP contribution >= 0.6 is 0 Å². The Hall–Kier alpha value is -2.44. The fraction of sp³-hybridized carbons (Fsp3) is 0.676. The van der Waals surface area contributed by atoms with E-state index in [0.29, 0.717) is 41.3 Å². The van der Waals surface area contributed by atoms with Gasteiger partial charge in [-0.3, -0.25) is 0 Å². The van der Waals surface area contributed by atoms with E-state index in [1.54, 1.807) is 7.11 Å². The van der Waals surface area contributed by atoms with Crippen molar-refractivity contribution in [2.45, 2.75) is 115 Å². The fourth-order valence-corrected chi connectivity index (χ4v) is 11.4. The zero-order valence-electron chi connectivity index (χ0n) is 26.1. The van der Waals surface area contributed by atoms with Crippen LogP contribution in [0.4, 0.5) is 0 Å². The lowest BCUT2D eigenvalue weighted by Gasteiger charge is -2.50. The van der Waals surface area contributed by atoms with Crippen molar-refractivity contribution in [1.82, 2.24) is 0 Å². The zero-order valence-corrected chi connectivity index (χ0v) is 26.1. The molecule has 4 fully saturated rings. The van der Waals surface area contributed by atoms with Gasteiger partial charge >= 0.3 is 0 Å². The predicted molar refractivity (Wildman–Crippen MR) is 166 cm³/mol. The van der Waals surface area contributed by atoms with Crippen molar-refractivity contribution in [1.29, 1.82) is 0 Å². The Bertz CT molecular complexity index is 1390. The SMILES string of the molecule is COc1cc2c(cc1O)CC[C@@H]1[C@@H]2CC[C@]2(C)[C@@H](O)CC[C@@H]12.C[C@]12CC[C@@H]3c4c(O)cc(O)cc4CC[C@@H]3[C@@H]1CC[C@@H]2O. The van der Waals surface area contributed by atoms with E-state index in [2.05, 4.69) is 19.9 Å². The highest BCUT2D eigenvalue weighted by molar-refractivity contribution is 5.50. The van der Waals surface area contributed by atoms with Crippen LogP contribution in [0.5, 0.6) is 23.0 Å². The standard InChI is InChI=1S/C19H26O3.C18H24O3/c1-19-8-7-12-13(15(19)5-6-18(19)21)4-3-11-9-16(20)17(22-2)10-14(11)12;1-18-7-6-13-12(14(18)4-5-16(18)21)3-2-10-8-11(19)9-15(20)17(10)13/h9-10,12-13,15,18,20-21H,3-8H2,1-2H3;8-9,12-14,16,19-21H,2-7H2,1H3/t12-,13+,15-,18-,19-;12-,13-,14-,16-,18-/m00/s1. The maximum absolute atomic E-state index is 10.4. The van der Waals surface area contributed by atoms with Crippen molar-refractivity contribution in [3.05, 3.63) is 46.5 Å². The second-order valence-electron chi connectivity index (χ2n) is 15.4. The number of fused-ring (bicyclic) bond motifs is 10. The molecule has 0 spiro atoms. The van der Waals surface area contributed by atoms with E-state index in [-0.39, 0.29) is 40.3 Å². The van der Waals surface area contributed by atoms with Crippen LogP contribution in [0.1, 0.15) is 112 Å². The van der Waals surface area contributed by atoms with Crippen LogP contribution in [-0.4, -0.2) is 44.9 Å². The number of aromatic hydroxyl groups is 3. The Morgan fingerprint density at radius 1 is 0.651 bits per heavy atom. The normalized spacial score (nSPS) is 40.5. The first kappa shape index (κ1) is 29.3. The summed E-state index contributed by atoms with van der Waals surface area (Å²) in [7, 11) is 1.62. The molecule has 0 saturated heterocycles. The largest absolute Gasteiger partial charge is 0.508 e. The maximum Gasteiger partial charge on any atom is 0.160 e. The number of phenolic OH excluding ortho intramolecular Hbond substituents is 3. The maximum atomic E-state index is 10.4. The van der Waals surface area contributed by atoms with Gasteiger partial charge in [0.1, 0.15) is 11.5 Å². The number of ether oxygens (including phenoxy) is 1. The number of methoxy groups -OCH3 is 1. The number of benzene rings is 2. The highest BCUT2D eigenvalue weighted by Gasteiger charge is 2.56. The third kappa shape index (κ3) is 4.48. The third-order valence-corrected chi connectivity index (χ3v) is 13.7. The van der Waals surface area contributed by atoms with Gasteiger partial charge in [-0.1, -0.05) is 13.8 Å². The van der Waals surface area contributed by atoms with Gasteiger partial charge in [0.05, 0.1) is 19.3 Å². The summed E-state index contributed by atoms with van der Waals surface area (Å²) in [5.74, 6) is 4.74. The lowest BCUT2D eigenvalue weighted by Crippen LogP contribution is -2.43. The van der Waals surface area contributed by atoms with Gasteiger partial charge in [0, 0.05) is 11.6 Å². The number of phenols is 3. The van der Waals surface area contributed by atoms with E-state index in [1.807, 2.05) is 12.1 Å². The van der Waals surface area contributed by atoms with Gasteiger partial charge in [-0.25, -0.2) is 0 Å². The molecule has 0 amide bonds. The monoisotopic (exact) mass is 590 g/mol. The molecular weight excluding hydrogens is 540 g/mol. The molecule has 6 aliphatic rings. The molecule has 0 unspecified atom stereocenters. The summed E-state index contributed by atoms with van der Waals surface area (Å²) in [6, 6.07) is 7.28. The molecule has 10 atom stereocenters. The van der Waals surface area contributed by atoms with Crippen molar-refractivity contribution in [2.24, 2.45) is 34.5 Å². The smallest absolute Gasteiger partial charge is 0.160 e. The van der Waals surface area contributed by atoms with Gasteiger partial charge in [0.15, 0.2) is 11.5 Å². The number of aliphatic hydroxyl groups excluding tert-OH is 2.